The van der Waals surface area contributed by atoms with Gasteiger partial charge in [-0.05, 0) is 22.8 Å². The quantitative estimate of drug-likeness (QED) is 0.570. The molecule has 1 aliphatic carbocycles. The van der Waals surface area contributed by atoms with Gasteiger partial charge < -0.3 is 4.74 Å². The predicted molar refractivity (Wildman–Crippen MR) is 88.7 cm³/mol. The molecule has 3 aromatic carbocycles. The van der Waals surface area contributed by atoms with E-state index in [-0.39, 0.29) is 0 Å². The Labute approximate surface area is 130 Å². The van der Waals surface area contributed by atoms with Crippen LogP contribution in [0.15, 0.2) is 72.8 Å². The zero-order valence-electron chi connectivity index (χ0n) is 12.2. The first-order valence-corrected chi connectivity index (χ1v) is 7.50. The second-order valence-corrected chi connectivity index (χ2v) is 5.57. The van der Waals surface area contributed by atoms with Crippen LogP contribution in [0, 0.1) is 0 Å². The summed E-state index contributed by atoms with van der Waals surface area (Å²) in [6.07, 6.45) is 0.458. The number of benzene rings is 3. The first-order valence-electron chi connectivity index (χ1n) is 7.50. The van der Waals surface area contributed by atoms with Gasteiger partial charge in [0.05, 0.1) is 0 Å². The molecule has 0 fully saturated rings. The summed E-state index contributed by atoms with van der Waals surface area (Å²) < 4.78 is 6.05. The fraction of sp³-hybridized carbons (Fsp3) is 0.100. The number of nitrogens with two attached hydrogens (primary N) is 1. The highest BCUT2D eigenvalue weighted by molar-refractivity contribution is 5.78. The zero-order valence-corrected chi connectivity index (χ0v) is 12.2. The van der Waals surface area contributed by atoms with Crippen LogP contribution in [0.5, 0.6) is 5.75 Å². The van der Waals surface area contributed by atoms with Gasteiger partial charge in [0.25, 0.3) is 0 Å². The third kappa shape index (κ3) is 2.18. The van der Waals surface area contributed by atoms with E-state index < -0.39 is 6.23 Å². The van der Waals surface area contributed by atoms with Crippen molar-refractivity contribution in [3.8, 4) is 16.9 Å². The lowest BCUT2D eigenvalue weighted by atomic mass is 10.1. The first kappa shape index (κ1) is 13.1. The van der Waals surface area contributed by atoms with E-state index in [9.17, 15) is 0 Å². The van der Waals surface area contributed by atoms with Crippen LogP contribution < -0.4 is 10.5 Å². The van der Waals surface area contributed by atoms with Crippen molar-refractivity contribution < 1.29 is 4.74 Å². The molecule has 2 N–H and O–H groups in total. The van der Waals surface area contributed by atoms with Crippen molar-refractivity contribution in [2.45, 2.75) is 12.6 Å². The zero-order chi connectivity index (χ0) is 14.9. The highest BCUT2D eigenvalue weighted by Gasteiger charge is 2.22. The van der Waals surface area contributed by atoms with E-state index in [4.69, 9.17) is 10.5 Å². The summed E-state index contributed by atoms with van der Waals surface area (Å²) in [6.45, 7) is 0. The van der Waals surface area contributed by atoms with Crippen LogP contribution in [-0.2, 0) is 6.42 Å². The van der Waals surface area contributed by atoms with Gasteiger partial charge in [-0.25, -0.2) is 0 Å². The highest BCUT2D eigenvalue weighted by atomic mass is 16.5. The average Bonchev–Trinajstić information content (AvgIpc) is 2.95. The molecular formula is C20H17NO. The standard InChI is InChI=1S/C20H17NO/c21-20(14-7-2-1-3-8-14)22-19-12-6-11-17-16-10-5-4-9-15(16)13-18(17)19/h1-12,20H,13,21H2. The molecule has 4 rings (SSSR count). The van der Waals surface area contributed by atoms with Gasteiger partial charge in [-0.3, -0.25) is 5.73 Å². The van der Waals surface area contributed by atoms with Gasteiger partial charge in [-0.1, -0.05) is 66.7 Å². The van der Waals surface area contributed by atoms with Crippen LogP contribution >= 0.6 is 0 Å². The van der Waals surface area contributed by atoms with E-state index in [1.165, 1.54) is 22.3 Å². The molecule has 0 radical (unpaired) electrons. The van der Waals surface area contributed by atoms with Crippen LogP contribution in [0.3, 0.4) is 0 Å². The fourth-order valence-electron chi connectivity index (χ4n) is 3.09. The van der Waals surface area contributed by atoms with Gasteiger partial charge in [0, 0.05) is 17.5 Å². The number of fused-ring (bicyclic) bond motifs is 3. The minimum absolute atomic E-state index is 0.448. The van der Waals surface area contributed by atoms with Crippen LogP contribution in [0.2, 0.25) is 0 Å². The van der Waals surface area contributed by atoms with Crippen LogP contribution in [0.25, 0.3) is 11.1 Å². The van der Waals surface area contributed by atoms with Crippen LogP contribution in [-0.4, -0.2) is 0 Å². The number of hydrogen-bond donors (Lipinski definition) is 1. The van der Waals surface area contributed by atoms with E-state index >= 15 is 0 Å². The Morgan fingerprint density at radius 2 is 1.50 bits per heavy atom. The number of hydrogen-bond acceptors (Lipinski definition) is 2. The third-order valence-corrected chi connectivity index (χ3v) is 4.19. The second kappa shape index (κ2) is 5.32. The maximum atomic E-state index is 6.20. The molecule has 0 aliphatic heterocycles. The lowest BCUT2D eigenvalue weighted by molar-refractivity contribution is 0.212. The molecule has 1 atom stereocenters. The molecule has 0 amide bonds. The van der Waals surface area contributed by atoms with Crippen molar-refractivity contribution in [3.63, 3.8) is 0 Å². The molecular weight excluding hydrogens is 270 g/mol. The fourth-order valence-corrected chi connectivity index (χ4v) is 3.09. The summed E-state index contributed by atoms with van der Waals surface area (Å²) in [6, 6.07) is 24.6. The molecule has 0 spiro atoms. The molecule has 0 aromatic heterocycles. The topological polar surface area (TPSA) is 35.2 Å². The van der Waals surface area contributed by atoms with Crippen LogP contribution in [0.4, 0.5) is 0 Å². The first-order chi connectivity index (χ1) is 10.8. The molecule has 22 heavy (non-hydrogen) atoms. The molecule has 3 aromatic rings. The summed E-state index contributed by atoms with van der Waals surface area (Å²) in [5.41, 5.74) is 12.3. The van der Waals surface area contributed by atoms with Crippen molar-refractivity contribution in [1.29, 1.82) is 0 Å². The summed E-state index contributed by atoms with van der Waals surface area (Å²) >= 11 is 0. The summed E-state index contributed by atoms with van der Waals surface area (Å²) in [5, 5.41) is 0. The Hall–Kier alpha value is -2.58. The van der Waals surface area contributed by atoms with Gasteiger partial charge in [0.1, 0.15) is 5.75 Å². The van der Waals surface area contributed by atoms with Gasteiger partial charge in [-0.2, -0.15) is 0 Å². The molecule has 2 heteroatoms. The minimum atomic E-state index is -0.448. The minimum Gasteiger partial charge on any atom is -0.471 e. The SMILES string of the molecule is NC(Oc1cccc2c1Cc1ccccc1-2)c1ccccc1. The molecule has 1 aliphatic rings. The molecule has 0 bridgehead atoms. The second-order valence-electron chi connectivity index (χ2n) is 5.57. The Balaban J connectivity index is 1.68. The predicted octanol–water partition coefficient (Wildman–Crippen LogP) is 4.29. The maximum absolute atomic E-state index is 6.20. The smallest absolute Gasteiger partial charge is 0.174 e. The Morgan fingerprint density at radius 1 is 0.773 bits per heavy atom. The van der Waals surface area contributed by atoms with E-state index in [1.54, 1.807) is 0 Å². The normalized spacial score (nSPS) is 13.3. The van der Waals surface area contributed by atoms with Gasteiger partial charge >= 0.3 is 0 Å². The number of ether oxygens (including phenoxy) is 1. The monoisotopic (exact) mass is 287 g/mol. The van der Waals surface area contributed by atoms with Crippen molar-refractivity contribution in [3.05, 3.63) is 89.5 Å². The average molecular weight is 287 g/mol. The van der Waals surface area contributed by atoms with Crippen molar-refractivity contribution in [2.24, 2.45) is 5.73 Å². The largest absolute Gasteiger partial charge is 0.471 e. The third-order valence-electron chi connectivity index (χ3n) is 4.19. The van der Waals surface area contributed by atoms with Gasteiger partial charge in [0.2, 0.25) is 0 Å². The van der Waals surface area contributed by atoms with E-state index in [0.717, 1.165) is 17.7 Å². The highest BCUT2D eigenvalue weighted by Crippen LogP contribution is 2.41. The molecule has 108 valence electrons. The molecule has 0 saturated carbocycles. The summed E-state index contributed by atoms with van der Waals surface area (Å²) in [7, 11) is 0. The maximum Gasteiger partial charge on any atom is 0.174 e. The summed E-state index contributed by atoms with van der Waals surface area (Å²) in [5.74, 6) is 0.880. The van der Waals surface area contributed by atoms with Crippen molar-refractivity contribution in [2.75, 3.05) is 0 Å². The van der Waals surface area contributed by atoms with Crippen LogP contribution in [0.1, 0.15) is 22.9 Å². The molecule has 0 saturated heterocycles. The Kier molecular flexibility index (Phi) is 3.17. The van der Waals surface area contributed by atoms with Crippen molar-refractivity contribution >= 4 is 0 Å². The van der Waals surface area contributed by atoms with Gasteiger partial charge in [0.15, 0.2) is 6.23 Å². The lowest BCUT2D eigenvalue weighted by Crippen LogP contribution is -2.17. The van der Waals surface area contributed by atoms with E-state index in [2.05, 4.69) is 30.3 Å². The van der Waals surface area contributed by atoms with E-state index in [0.29, 0.717) is 0 Å². The lowest BCUT2D eigenvalue weighted by Gasteiger charge is -2.17. The number of rotatable bonds is 3. The Bertz CT molecular complexity index is 811. The molecule has 1 unspecified atom stereocenters. The summed E-state index contributed by atoms with van der Waals surface area (Å²) in [4.78, 5) is 0. The van der Waals surface area contributed by atoms with E-state index in [1.807, 2.05) is 42.5 Å². The van der Waals surface area contributed by atoms with Gasteiger partial charge in [-0.15, -0.1) is 0 Å². The van der Waals surface area contributed by atoms with Crippen molar-refractivity contribution in [1.82, 2.24) is 0 Å². The molecule has 2 nitrogen and oxygen atoms in total. The Morgan fingerprint density at radius 3 is 2.36 bits per heavy atom. The molecule has 0 heterocycles.